The van der Waals surface area contributed by atoms with E-state index in [0.717, 1.165) is 38.8 Å². The van der Waals surface area contributed by atoms with Gasteiger partial charge in [0.05, 0.1) is 12.6 Å². The first-order valence-corrected chi connectivity index (χ1v) is 8.88. The summed E-state index contributed by atoms with van der Waals surface area (Å²) in [7, 11) is 3.58. The maximum atomic E-state index is 12.3. The summed E-state index contributed by atoms with van der Waals surface area (Å²) >= 11 is 0. The lowest BCUT2D eigenvalue weighted by atomic mass is 10.0. The van der Waals surface area contributed by atoms with Crippen LogP contribution in [0, 0.1) is 23.2 Å². The predicted octanol–water partition coefficient (Wildman–Crippen LogP) is 0.483. The Balaban J connectivity index is 1.43. The van der Waals surface area contributed by atoms with Crippen molar-refractivity contribution in [2.45, 2.75) is 37.8 Å². The fraction of sp³-hybridized carbons (Fsp3) is 0.824. The van der Waals surface area contributed by atoms with Gasteiger partial charge in [-0.1, -0.05) is 0 Å². The second-order valence-corrected chi connectivity index (χ2v) is 7.53. The molecule has 3 fully saturated rings. The fourth-order valence-corrected chi connectivity index (χ4v) is 4.44. The molecule has 0 spiro atoms. The lowest BCUT2D eigenvalue weighted by Gasteiger charge is -2.24. The molecule has 3 aliphatic rings. The molecule has 0 aromatic heterocycles. The molecular weight excluding hydrogens is 306 g/mol. The van der Waals surface area contributed by atoms with Crippen LogP contribution in [0.4, 0.5) is 4.79 Å². The molecule has 1 N–H and O–H groups in total. The summed E-state index contributed by atoms with van der Waals surface area (Å²) in [6.07, 6.45) is 3.77. The number of nitrogens with one attached hydrogen (secondary N) is 1. The Kier molecular flexibility index (Phi) is 4.95. The predicted molar refractivity (Wildman–Crippen MR) is 89.0 cm³/mol. The van der Waals surface area contributed by atoms with E-state index in [1.165, 1.54) is 0 Å². The molecule has 0 radical (unpaired) electrons. The van der Waals surface area contributed by atoms with Gasteiger partial charge in [0.2, 0.25) is 5.91 Å². The van der Waals surface area contributed by atoms with E-state index in [-0.39, 0.29) is 18.0 Å². The van der Waals surface area contributed by atoms with Crippen molar-refractivity contribution in [2.24, 2.45) is 11.8 Å². The fourth-order valence-electron chi connectivity index (χ4n) is 4.44. The summed E-state index contributed by atoms with van der Waals surface area (Å²) in [4.78, 5) is 29.6. The molecule has 3 amide bonds. The Morgan fingerprint density at radius 3 is 2.50 bits per heavy atom. The average molecular weight is 333 g/mol. The highest BCUT2D eigenvalue weighted by atomic mass is 16.2. The van der Waals surface area contributed by atoms with Crippen LogP contribution in [0.2, 0.25) is 0 Å². The second-order valence-electron chi connectivity index (χ2n) is 7.53. The summed E-state index contributed by atoms with van der Waals surface area (Å²) in [5, 5.41) is 12.5. The van der Waals surface area contributed by atoms with E-state index < -0.39 is 0 Å². The minimum atomic E-state index is -0.243. The van der Waals surface area contributed by atoms with E-state index in [1.807, 2.05) is 4.90 Å². The molecule has 132 valence electrons. The molecule has 0 bridgehead atoms. The zero-order valence-corrected chi connectivity index (χ0v) is 14.6. The number of urea groups is 1. The standard InChI is InChI=1S/C17H27N5O2/c1-20(2)17(24)21-10-12-6-14(7-13(12)11-21)19-9-16(23)22-5-3-4-15(22)8-18/h12-15,19H,3-7,9-11H2,1-2H3/t12?,13?,14?,15-/m0/s1. The van der Waals surface area contributed by atoms with E-state index in [9.17, 15) is 9.59 Å². The Morgan fingerprint density at radius 1 is 1.25 bits per heavy atom. The highest BCUT2D eigenvalue weighted by molar-refractivity contribution is 5.79. The maximum absolute atomic E-state index is 12.3. The number of fused-ring (bicyclic) bond motifs is 1. The van der Waals surface area contributed by atoms with Gasteiger partial charge in [-0.3, -0.25) is 4.79 Å². The van der Waals surface area contributed by atoms with Gasteiger partial charge in [0.1, 0.15) is 6.04 Å². The van der Waals surface area contributed by atoms with Crippen molar-refractivity contribution < 1.29 is 9.59 Å². The van der Waals surface area contributed by atoms with Crippen LogP contribution in [0.3, 0.4) is 0 Å². The van der Waals surface area contributed by atoms with E-state index in [4.69, 9.17) is 5.26 Å². The second kappa shape index (κ2) is 6.98. The van der Waals surface area contributed by atoms with Gasteiger partial charge in [-0.2, -0.15) is 5.26 Å². The quantitative estimate of drug-likeness (QED) is 0.815. The smallest absolute Gasteiger partial charge is 0.319 e. The zero-order valence-electron chi connectivity index (χ0n) is 14.6. The van der Waals surface area contributed by atoms with E-state index >= 15 is 0 Å². The molecule has 3 atom stereocenters. The topological polar surface area (TPSA) is 79.7 Å². The lowest BCUT2D eigenvalue weighted by molar-refractivity contribution is -0.130. The highest BCUT2D eigenvalue weighted by Gasteiger charge is 2.42. The first-order valence-electron chi connectivity index (χ1n) is 8.88. The number of nitriles is 1. The van der Waals surface area contributed by atoms with E-state index in [2.05, 4.69) is 11.4 Å². The molecule has 2 heterocycles. The number of likely N-dealkylation sites (tertiary alicyclic amines) is 2. The van der Waals surface area contributed by atoms with Crippen LogP contribution in [0.1, 0.15) is 25.7 Å². The van der Waals surface area contributed by atoms with Crippen molar-refractivity contribution in [1.82, 2.24) is 20.0 Å². The molecule has 0 aromatic rings. The lowest BCUT2D eigenvalue weighted by Crippen LogP contribution is -2.43. The monoisotopic (exact) mass is 333 g/mol. The Bertz CT molecular complexity index is 530. The first-order chi connectivity index (χ1) is 11.5. The van der Waals surface area contributed by atoms with Crippen molar-refractivity contribution in [3.8, 4) is 6.07 Å². The molecule has 3 rings (SSSR count). The van der Waals surface area contributed by atoms with Crippen LogP contribution >= 0.6 is 0 Å². The molecular formula is C17H27N5O2. The summed E-state index contributed by atoms with van der Waals surface area (Å²) in [5.41, 5.74) is 0. The molecule has 1 aliphatic carbocycles. The summed E-state index contributed by atoms with van der Waals surface area (Å²) in [6.45, 7) is 2.69. The van der Waals surface area contributed by atoms with E-state index in [0.29, 0.717) is 31.0 Å². The first kappa shape index (κ1) is 17.0. The van der Waals surface area contributed by atoms with Crippen LogP contribution in [-0.2, 0) is 4.79 Å². The minimum Gasteiger partial charge on any atom is -0.331 e. The van der Waals surface area contributed by atoms with Crippen molar-refractivity contribution in [3.05, 3.63) is 0 Å². The maximum Gasteiger partial charge on any atom is 0.319 e. The third-order valence-corrected chi connectivity index (χ3v) is 5.67. The SMILES string of the molecule is CN(C)C(=O)N1CC2CC(NCC(=O)N3CCC[C@H]3C#N)CC2C1. The van der Waals surface area contributed by atoms with Crippen molar-refractivity contribution in [2.75, 3.05) is 40.3 Å². The average Bonchev–Trinajstić information content (AvgIpc) is 3.25. The minimum absolute atomic E-state index is 0.0421. The van der Waals surface area contributed by atoms with Gasteiger partial charge < -0.3 is 20.0 Å². The number of hydrogen-bond donors (Lipinski definition) is 1. The molecule has 24 heavy (non-hydrogen) atoms. The van der Waals surface area contributed by atoms with Gasteiger partial charge >= 0.3 is 6.03 Å². The normalized spacial score (nSPS) is 31.9. The van der Waals surface area contributed by atoms with Gasteiger partial charge in [-0.25, -0.2) is 4.79 Å². The molecule has 2 aliphatic heterocycles. The van der Waals surface area contributed by atoms with Crippen molar-refractivity contribution in [1.29, 1.82) is 5.26 Å². The molecule has 7 heteroatoms. The van der Waals surface area contributed by atoms with Gasteiger partial charge in [0.15, 0.2) is 0 Å². The number of amides is 3. The van der Waals surface area contributed by atoms with Crippen molar-refractivity contribution >= 4 is 11.9 Å². The number of carbonyl (C=O) groups excluding carboxylic acids is 2. The number of hydrogen-bond acceptors (Lipinski definition) is 4. The van der Waals surface area contributed by atoms with Gasteiger partial charge in [-0.15, -0.1) is 0 Å². The Hall–Kier alpha value is -1.81. The van der Waals surface area contributed by atoms with Crippen molar-refractivity contribution in [3.63, 3.8) is 0 Å². The third kappa shape index (κ3) is 3.34. The number of nitrogens with zero attached hydrogens (tertiary/aromatic N) is 4. The summed E-state index contributed by atoms with van der Waals surface area (Å²) in [6, 6.07) is 2.42. The van der Waals surface area contributed by atoms with Gasteiger partial charge in [0, 0.05) is 39.8 Å². The van der Waals surface area contributed by atoms with Crippen LogP contribution < -0.4 is 5.32 Å². The molecule has 2 unspecified atom stereocenters. The van der Waals surface area contributed by atoms with Gasteiger partial charge in [0.25, 0.3) is 0 Å². The zero-order chi connectivity index (χ0) is 17.3. The molecule has 2 saturated heterocycles. The highest BCUT2D eigenvalue weighted by Crippen LogP contribution is 2.38. The number of carbonyl (C=O) groups is 2. The molecule has 0 aromatic carbocycles. The van der Waals surface area contributed by atoms with E-state index in [1.54, 1.807) is 23.9 Å². The molecule has 1 saturated carbocycles. The Labute approximate surface area is 143 Å². The van der Waals surface area contributed by atoms with Crippen LogP contribution in [0.5, 0.6) is 0 Å². The molecule has 7 nitrogen and oxygen atoms in total. The summed E-state index contributed by atoms with van der Waals surface area (Å²) < 4.78 is 0. The van der Waals surface area contributed by atoms with Crippen LogP contribution in [0.25, 0.3) is 0 Å². The largest absolute Gasteiger partial charge is 0.331 e. The number of rotatable bonds is 3. The van der Waals surface area contributed by atoms with Crippen LogP contribution in [0.15, 0.2) is 0 Å². The summed E-state index contributed by atoms with van der Waals surface area (Å²) in [5.74, 6) is 1.13. The van der Waals surface area contributed by atoms with Gasteiger partial charge in [-0.05, 0) is 37.5 Å². The Morgan fingerprint density at radius 2 is 1.92 bits per heavy atom. The third-order valence-electron chi connectivity index (χ3n) is 5.67. The van der Waals surface area contributed by atoms with Crippen LogP contribution in [-0.4, -0.2) is 79.0 Å².